The smallest absolute Gasteiger partial charge is 0.240 e. The number of sulfonamides is 1. The van der Waals surface area contributed by atoms with Gasteiger partial charge in [0.1, 0.15) is 5.75 Å². The number of carbonyl (C=O) groups excluding carboxylic acids is 1. The molecule has 0 aliphatic carbocycles. The van der Waals surface area contributed by atoms with Crippen LogP contribution in [0.3, 0.4) is 0 Å². The Morgan fingerprint density at radius 1 is 0.903 bits per heavy atom. The number of amides is 1. The summed E-state index contributed by atoms with van der Waals surface area (Å²) in [6.07, 6.45) is 0.733. The van der Waals surface area contributed by atoms with Crippen molar-refractivity contribution in [3.8, 4) is 5.75 Å². The van der Waals surface area contributed by atoms with E-state index in [1.807, 2.05) is 30.3 Å². The largest absolute Gasteiger partial charge is 0.491 e. The first kappa shape index (κ1) is 22.8. The van der Waals surface area contributed by atoms with Crippen LogP contribution in [-0.2, 0) is 21.2 Å². The highest BCUT2D eigenvalue weighted by Crippen LogP contribution is 2.23. The van der Waals surface area contributed by atoms with Crippen molar-refractivity contribution in [2.24, 2.45) is 0 Å². The van der Waals surface area contributed by atoms with Gasteiger partial charge in [-0.05, 0) is 48.4 Å². The number of para-hydroxylation sites is 1. The second-order valence-electron chi connectivity index (χ2n) is 6.73. The van der Waals surface area contributed by atoms with E-state index in [4.69, 9.17) is 16.3 Å². The van der Waals surface area contributed by atoms with Crippen LogP contribution in [0.4, 0.5) is 5.69 Å². The van der Waals surface area contributed by atoms with E-state index in [2.05, 4.69) is 10.0 Å². The number of rotatable bonds is 10. The van der Waals surface area contributed by atoms with Gasteiger partial charge in [0.05, 0.1) is 22.9 Å². The number of ether oxygens (including phenoxy) is 1. The van der Waals surface area contributed by atoms with E-state index in [1.165, 1.54) is 12.1 Å². The highest BCUT2D eigenvalue weighted by Gasteiger charge is 2.13. The summed E-state index contributed by atoms with van der Waals surface area (Å²) in [6.45, 7) is 0.476. The SMILES string of the molecule is O=C(CCOc1ccccc1Cl)Nc1ccc(S(=O)(=O)NCCc2ccccc2)cc1. The lowest BCUT2D eigenvalue weighted by Crippen LogP contribution is -2.26. The Balaban J connectivity index is 1.46. The van der Waals surface area contributed by atoms with Gasteiger partial charge in [-0.3, -0.25) is 4.79 Å². The third-order valence-corrected chi connectivity index (χ3v) is 6.21. The van der Waals surface area contributed by atoms with Gasteiger partial charge in [0, 0.05) is 12.2 Å². The van der Waals surface area contributed by atoms with Crippen molar-refractivity contribution in [2.45, 2.75) is 17.7 Å². The summed E-state index contributed by atoms with van der Waals surface area (Å²) in [5, 5.41) is 3.20. The summed E-state index contributed by atoms with van der Waals surface area (Å²) in [6, 6.07) is 22.7. The van der Waals surface area contributed by atoms with E-state index in [9.17, 15) is 13.2 Å². The minimum Gasteiger partial charge on any atom is -0.491 e. The van der Waals surface area contributed by atoms with Crippen molar-refractivity contribution in [2.75, 3.05) is 18.5 Å². The van der Waals surface area contributed by atoms with E-state index in [-0.39, 0.29) is 23.8 Å². The minimum absolute atomic E-state index is 0.131. The Kier molecular flexibility index (Phi) is 8.06. The number of hydrogen-bond acceptors (Lipinski definition) is 4. The highest BCUT2D eigenvalue weighted by molar-refractivity contribution is 7.89. The third kappa shape index (κ3) is 7.10. The van der Waals surface area contributed by atoms with Gasteiger partial charge in [0.25, 0.3) is 0 Å². The van der Waals surface area contributed by atoms with Gasteiger partial charge in [0.2, 0.25) is 15.9 Å². The fourth-order valence-corrected chi connectivity index (χ4v) is 4.04. The summed E-state index contributed by atoms with van der Waals surface area (Å²) in [5.41, 5.74) is 1.56. The molecule has 0 aromatic heterocycles. The molecule has 0 bridgehead atoms. The summed E-state index contributed by atoms with van der Waals surface area (Å²) in [5.74, 6) is 0.273. The lowest BCUT2D eigenvalue weighted by Gasteiger charge is -2.10. The Labute approximate surface area is 187 Å². The Bertz CT molecular complexity index is 1100. The lowest BCUT2D eigenvalue weighted by molar-refractivity contribution is -0.116. The lowest BCUT2D eigenvalue weighted by atomic mass is 10.2. The molecule has 3 rings (SSSR count). The van der Waals surface area contributed by atoms with Crippen LogP contribution in [0.2, 0.25) is 5.02 Å². The molecule has 0 saturated heterocycles. The van der Waals surface area contributed by atoms with Crippen LogP contribution in [0, 0.1) is 0 Å². The number of benzene rings is 3. The van der Waals surface area contributed by atoms with Crippen LogP contribution in [0.25, 0.3) is 0 Å². The maximum Gasteiger partial charge on any atom is 0.240 e. The average molecular weight is 459 g/mol. The average Bonchev–Trinajstić information content (AvgIpc) is 2.76. The summed E-state index contributed by atoms with van der Waals surface area (Å²) >= 11 is 6.00. The monoisotopic (exact) mass is 458 g/mol. The molecule has 0 unspecified atom stereocenters. The maximum atomic E-state index is 12.4. The van der Waals surface area contributed by atoms with Crippen molar-refractivity contribution in [1.82, 2.24) is 4.72 Å². The molecule has 0 atom stereocenters. The Morgan fingerprint density at radius 3 is 2.29 bits per heavy atom. The fourth-order valence-electron chi connectivity index (χ4n) is 2.81. The number of halogens is 1. The van der Waals surface area contributed by atoms with Gasteiger partial charge in [-0.2, -0.15) is 0 Å². The van der Waals surface area contributed by atoms with E-state index in [0.717, 1.165) is 5.56 Å². The first-order valence-electron chi connectivity index (χ1n) is 9.75. The molecule has 0 aliphatic heterocycles. The fraction of sp³-hybridized carbons (Fsp3) is 0.174. The van der Waals surface area contributed by atoms with Crippen LogP contribution in [0.5, 0.6) is 5.75 Å². The van der Waals surface area contributed by atoms with E-state index >= 15 is 0 Å². The third-order valence-electron chi connectivity index (χ3n) is 4.42. The van der Waals surface area contributed by atoms with Crippen LogP contribution in [-0.4, -0.2) is 27.5 Å². The predicted molar refractivity (Wildman–Crippen MR) is 122 cm³/mol. The molecular weight excluding hydrogens is 436 g/mol. The molecule has 3 aromatic carbocycles. The molecule has 0 heterocycles. The minimum atomic E-state index is -3.62. The molecule has 2 N–H and O–H groups in total. The number of anilines is 1. The molecule has 31 heavy (non-hydrogen) atoms. The molecule has 1 amide bonds. The number of hydrogen-bond donors (Lipinski definition) is 2. The van der Waals surface area contributed by atoms with E-state index in [1.54, 1.807) is 36.4 Å². The van der Waals surface area contributed by atoms with Crippen molar-refractivity contribution < 1.29 is 17.9 Å². The molecule has 0 saturated carbocycles. The predicted octanol–water partition coefficient (Wildman–Crippen LogP) is 4.27. The number of carbonyl (C=O) groups is 1. The zero-order valence-corrected chi connectivity index (χ0v) is 18.3. The van der Waals surface area contributed by atoms with Gasteiger partial charge in [-0.1, -0.05) is 54.1 Å². The van der Waals surface area contributed by atoms with Gasteiger partial charge in [-0.25, -0.2) is 13.1 Å². The van der Waals surface area contributed by atoms with E-state index in [0.29, 0.717) is 29.4 Å². The van der Waals surface area contributed by atoms with Gasteiger partial charge >= 0.3 is 0 Å². The van der Waals surface area contributed by atoms with E-state index < -0.39 is 10.0 Å². The first-order valence-corrected chi connectivity index (χ1v) is 11.6. The van der Waals surface area contributed by atoms with Crippen LogP contribution in [0.1, 0.15) is 12.0 Å². The Morgan fingerprint density at radius 2 is 1.58 bits per heavy atom. The summed E-state index contributed by atoms with van der Waals surface area (Å²) < 4.78 is 33.0. The second-order valence-corrected chi connectivity index (χ2v) is 8.91. The standard InChI is InChI=1S/C23H23ClN2O4S/c24-21-8-4-5-9-22(21)30-17-15-23(27)26-19-10-12-20(13-11-19)31(28,29)25-16-14-18-6-2-1-3-7-18/h1-13,25H,14-17H2,(H,26,27). The first-order chi connectivity index (χ1) is 14.9. The topological polar surface area (TPSA) is 84.5 Å². The second kappa shape index (κ2) is 10.9. The number of nitrogens with one attached hydrogen (secondary N) is 2. The Hall–Kier alpha value is -2.87. The molecule has 162 valence electrons. The van der Waals surface area contributed by atoms with Crippen molar-refractivity contribution in [3.05, 3.63) is 89.4 Å². The molecule has 6 nitrogen and oxygen atoms in total. The maximum absolute atomic E-state index is 12.4. The quantitative estimate of drug-likeness (QED) is 0.475. The van der Waals surface area contributed by atoms with Crippen molar-refractivity contribution in [1.29, 1.82) is 0 Å². The molecule has 8 heteroatoms. The summed E-state index contributed by atoms with van der Waals surface area (Å²) in [7, 11) is -3.62. The van der Waals surface area contributed by atoms with Gasteiger partial charge in [0.15, 0.2) is 0 Å². The zero-order valence-electron chi connectivity index (χ0n) is 16.8. The summed E-state index contributed by atoms with van der Waals surface area (Å²) in [4.78, 5) is 12.2. The molecular formula is C23H23ClN2O4S. The zero-order chi connectivity index (χ0) is 22.1. The van der Waals surface area contributed by atoms with Crippen LogP contribution < -0.4 is 14.8 Å². The van der Waals surface area contributed by atoms with Gasteiger partial charge in [-0.15, -0.1) is 0 Å². The molecule has 0 spiro atoms. The van der Waals surface area contributed by atoms with Crippen molar-refractivity contribution in [3.63, 3.8) is 0 Å². The molecule has 0 fully saturated rings. The molecule has 0 aliphatic rings. The highest BCUT2D eigenvalue weighted by atomic mass is 35.5. The van der Waals surface area contributed by atoms with Crippen LogP contribution >= 0.6 is 11.6 Å². The molecule has 0 radical (unpaired) electrons. The van der Waals surface area contributed by atoms with Gasteiger partial charge < -0.3 is 10.1 Å². The van der Waals surface area contributed by atoms with Crippen molar-refractivity contribution >= 4 is 33.2 Å². The van der Waals surface area contributed by atoms with Crippen LogP contribution in [0.15, 0.2) is 83.8 Å². The normalized spacial score (nSPS) is 11.1. The molecule has 3 aromatic rings.